The molecule has 5 heteroatoms. The number of unbranched alkanes of at least 4 members (excludes halogenated alkanes) is 1. The van der Waals surface area contributed by atoms with Gasteiger partial charge in [-0.2, -0.15) is 0 Å². The number of ether oxygens (including phenoxy) is 2. The molecule has 1 aromatic carbocycles. The Bertz CT molecular complexity index is 488. The molecule has 0 bridgehead atoms. The number of rotatable bonds is 6. The van der Waals surface area contributed by atoms with Gasteiger partial charge in [0.2, 0.25) is 6.79 Å². The number of hydrogen-bond donors (Lipinski definition) is 1. The van der Waals surface area contributed by atoms with Crippen LogP contribution in [0.2, 0.25) is 0 Å². The van der Waals surface area contributed by atoms with Crippen molar-refractivity contribution in [2.24, 2.45) is 4.99 Å². The maximum Gasteiger partial charge on any atom is 0.231 e. The van der Waals surface area contributed by atoms with Crippen molar-refractivity contribution in [3.8, 4) is 11.5 Å². The van der Waals surface area contributed by atoms with E-state index in [1.54, 1.807) is 0 Å². The molecule has 1 aliphatic rings. The normalized spacial score (nSPS) is 13.4. The number of nitrogens with zero attached hydrogens (tertiary/aromatic N) is 2. The fraction of sp³-hybridized carbons (Fsp3) is 0.562. The second kappa shape index (κ2) is 7.76. The van der Waals surface area contributed by atoms with Gasteiger partial charge >= 0.3 is 0 Å². The molecular weight excluding hydrogens is 266 g/mol. The molecule has 0 radical (unpaired) electrons. The maximum atomic E-state index is 5.40. The summed E-state index contributed by atoms with van der Waals surface area (Å²) in [7, 11) is 2.08. The van der Waals surface area contributed by atoms with Crippen molar-refractivity contribution in [1.82, 2.24) is 10.2 Å². The second-order valence-corrected chi connectivity index (χ2v) is 5.13. The van der Waals surface area contributed by atoms with Crippen molar-refractivity contribution < 1.29 is 9.47 Å². The zero-order valence-corrected chi connectivity index (χ0v) is 13.2. The lowest BCUT2D eigenvalue weighted by Gasteiger charge is -2.21. The summed E-state index contributed by atoms with van der Waals surface area (Å²) in [5.74, 6) is 2.57. The molecule has 1 aromatic rings. The summed E-state index contributed by atoms with van der Waals surface area (Å²) in [4.78, 5) is 6.88. The molecule has 0 atom stereocenters. The van der Waals surface area contributed by atoms with Crippen LogP contribution in [0.5, 0.6) is 11.5 Å². The van der Waals surface area contributed by atoms with Crippen molar-refractivity contribution in [3.05, 3.63) is 23.8 Å². The van der Waals surface area contributed by atoms with Gasteiger partial charge in [-0.05, 0) is 31.0 Å². The summed E-state index contributed by atoms with van der Waals surface area (Å²) >= 11 is 0. The molecule has 116 valence electrons. The van der Waals surface area contributed by atoms with Gasteiger partial charge in [0, 0.05) is 20.1 Å². The first-order chi connectivity index (χ1) is 10.2. The number of hydrogen-bond acceptors (Lipinski definition) is 3. The van der Waals surface area contributed by atoms with Crippen LogP contribution < -0.4 is 14.8 Å². The molecule has 0 aliphatic carbocycles. The lowest BCUT2D eigenvalue weighted by Crippen LogP contribution is -2.39. The van der Waals surface area contributed by atoms with Gasteiger partial charge in [0.15, 0.2) is 17.5 Å². The van der Waals surface area contributed by atoms with E-state index in [0.717, 1.165) is 36.1 Å². The average molecular weight is 291 g/mol. The molecule has 0 amide bonds. The van der Waals surface area contributed by atoms with Gasteiger partial charge in [-0.25, -0.2) is 4.99 Å². The van der Waals surface area contributed by atoms with E-state index >= 15 is 0 Å². The Kier molecular flexibility index (Phi) is 5.72. The molecule has 0 aromatic heterocycles. The molecule has 1 aliphatic heterocycles. The second-order valence-electron chi connectivity index (χ2n) is 5.13. The van der Waals surface area contributed by atoms with Gasteiger partial charge < -0.3 is 19.7 Å². The molecule has 0 saturated heterocycles. The summed E-state index contributed by atoms with van der Waals surface area (Å²) in [6.07, 6.45) is 2.36. The fourth-order valence-corrected chi connectivity index (χ4v) is 2.18. The summed E-state index contributed by atoms with van der Waals surface area (Å²) in [6.45, 7) is 7.12. The highest BCUT2D eigenvalue weighted by Crippen LogP contribution is 2.32. The van der Waals surface area contributed by atoms with Crippen molar-refractivity contribution in [2.45, 2.75) is 33.2 Å². The van der Waals surface area contributed by atoms with Gasteiger partial charge in [-0.15, -0.1) is 0 Å². The third kappa shape index (κ3) is 4.28. The van der Waals surface area contributed by atoms with E-state index < -0.39 is 0 Å². The Morgan fingerprint density at radius 1 is 1.29 bits per heavy atom. The van der Waals surface area contributed by atoms with Crippen molar-refractivity contribution in [1.29, 1.82) is 0 Å². The average Bonchev–Trinajstić information content (AvgIpc) is 2.96. The minimum absolute atomic E-state index is 0.310. The van der Waals surface area contributed by atoms with Gasteiger partial charge in [0.1, 0.15) is 0 Å². The Balaban J connectivity index is 2.01. The Hall–Kier alpha value is -1.91. The number of nitrogens with one attached hydrogen (secondary N) is 1. The lowest BCUT2D eigenvalue weighted by atomic mass is 10.2. The Labute approximate surface area is 127 Å². The van der Waals surface area contributed by atoms with Crippen molar-refractivity contribution in [3.63, 3.8) is 0 Å². The summed E-state index contributed by atoms with van der Waals surface area (Å²) in [5.41, 5.74) is 1.12. The van der Waals surface area contributed by atoms with E-state index in [-0.39, 0.29) is 0 Å². The summed E-state index contributed by atoms with van der Waals surface area (Å²) in [5, 5.41) is 3.33. The molecule has 0 unspecified atom stereocenters. The standard InChI is InChI=1S/C16H25N3O2/c1-4-6-9-19(3)16(17-5-2)18-11-13-7-8-14-15(10-13)21-12-20-14/h7-8,10H,4-6,9,11-12H2,1-3H3,(H,17,18). The smallest absolute Gasteiger partial charge is 0.231 e. The fourth-order valence-electron chi connectivity index (χ4n) is 2.18. The Morgan fingerprint density at radius 2 is 2.10 bits per heavy atom. The largest absolute Gasteiger partial charge is 0.454 e. The van der Waals surface area contributed by atoms with Crippen LogP contribution in [0.1, 0.15) is 32.3 Å². The minimum atomic E-state index is 0.310. The molecule has 0 fully saturated rings. The van der Waals surface area contributed by atoms with Crippen LogP contribution in [0.4, 0.5) is 0 Å². The van der Waals surface area contributed by atoms with E-state index in [1.165, 1.54) is 12.8 Å². The van der Waals surface area contributed by atoms with E-state index in [0.29, 0.717) is 13.3 Å². The van der Waals surface area contributed by atoms with Gasteiger partial charge in [0.05, 0.1) is 6.54 Å². The number of benzene rings is 1. The highest BCUT2D eigenvalue weighted by Gasteiger charge is 2.13. The molecule has 1 heterocycles. The summed E-state index contributed by atoms with van der Waals surface area (Å²) < 4.78 is 10.7. The maximum absolute atomic E-state index is 5.40. The van der Waals surface area contributed by atoms with Gasteiger partial charge in [-0.3, -0.25) is 0 Å². The number of fused-ring (bicyclic) bond motifs is 1. The van der Waals surface area contributed by atoms with E-state index in [2.05, 4.69) is 31.1 Å². The van der Waals surface area contributed by atoms with Crippen LogP contribution in [0, 0.1) is 0 Å². The quantitative estimate of drug-likeness (QED) is 0.646. The first-order valence-electron chi connectivity index (χ1n) is 7.62. The molecule has 0 spiro atoms. The third-order valence-corrected chi connectivity index (χ3v) is 3.39. The van der Waals surface area contributed by atoms with Crippen LogP contribution in [0.3, 0.4) is 0 Å². The predicted octanol–water partition coefficient (Wildman–Crippen LogP) is 2.61. The SMILES string of the molecule is CCCCN(C)C(=NCc1ccc2c(c1)OCO2)NCC. The molecular formula is C16H25N3O2. The number of guanidine groups is 1. The van der Waals surface area contributed by atoms with Gasteiger partial charge in [-0.1, -0.05) is 19.4 Å². The zero-order valence-electron chi connectivity index (χ0n) is 13.2. The molecule has 0 saturated carbocycles. The molecule has 21 heavy (non-hydrogen) atoms. The third-order valence-electron chi connectivity index (χ3n) is 3.39. The van der Waals surface area contributed by atoms with Crippen LogP contribution in [-0.2, 0) is 6.54 Å². The van der Waals surface area contributed by atoms with E-state index in [1.807, 2.05) is 18.2 Å². The predicted molar refractivity (Wildman–Crippen MR) is 84.9 cm³/mol. The Morgan fingerprint density at radius 3 is 2.86 bits per heavy atom. The zero-order chi connectivity index (χ0) is 15.1. The van der Waals surface area contributed by atoms with E-state index in [4.69, 9.17) is 14.5 Å². The van der Waals surface area contributed by atoms with Crippen LogP contribution in [0.15, 0.2) is 23.2 Å². The molecule has 2 rings (SSSR count). The monoisotopic (exact) mass is 291 g/mol. The first kappa shape index (κ1) is 15.5. The van der Waals surface area contributed by atoms with Crippen molar-refractivity contribution >= 4 is 5.96 Å². The lowest BCUT2D eigenvalue weighted by molar-refractivity contribution is 0.174. The van der Waals surface area contributed by atoms with Crippen LogP contribution in [0.25, 0.3) is 0 Å². The topological polar surface area (TPSA) is 46.1 Å². The van der Waals surface area contributed by atoms with Crippen LogP contribution >= 0.6 is 0 Å². The minimum Gasteiger partial charge on any atom is -0.454 e. The highest BCUT2D eigenvalue weighted by atomic mass is 16.7. The summed E-state index contributed by atoms with van der Waals surface area (Å²) in [6, 6.07) is 5.98. The highest BCUT2D eigenvalue weighted by molar-refractivity contribution is 5.79. The molecule has 1 N–H and O–H groups in total. The van der Waals surface area contributed by atoms with Crippen molar-refractivity contribution in [2.75, 3.05) is 26.9 Å². The van der Waals surface area contributed by atoms with E-state index in [9.17, 15) is 0 Å². The molecule has 5 nitrogen and oxygen atoms in total. The first-order valence-corrected chi connectivity index (χ1v) is 7.62. The van der Waals surface area contributed by atoms with Gasteiger partial charge in [0.25, 0.3) is 0 Å². The van der Waals surface area contributed by atoms with Crippen LogP contribution in [-0.4, -0.2) is 37.8 Å². The number of aliphatic imine (C=N–C) groups is 1.